The SMILES string of the molecule is CCCOc1ccc(C(N)c2ccn(C)n2)cc1. The van der Waals surface area contributed by atoms with Crippen molar-refractivity contribution in [1.82, 2.24) is 9.78 Å². The molecule has 0 fully saturated rings. The number of benzene rings is 1. The number of hydrogen-bond donors (Lipinski definition) is 1. The van der Waals surface area contributed by atoms with Gasteiger partial charge in [0.25, 0.3) is 0 Å². The Balaban J connectivity index is 2.09. The van der Waals surface area contributed by atoms with Crippen molar-refractivity contribution in [2.75, 3.05) is 6.61 Å². The Labute approximate surface area is 107 Å². The summed E-state index contributed by atoms with van der Waals surface area (Å²) in [5, 5.41) is 4.32. The van der Waals surface area contributed by atoms with Crippen LogP contribution in [0.25, 0.3) is 0 Å². The molecule has 0 radical (unpaired) electrons. The van der Waals surface area contributed by atoms with Gasteiger partial charge in [0.2, 0.25) is 0 Å². The Bertz CT molecular complexity index is 490. The standard InChI is InChI=1S/C14H19N3O/c1-3-10-18-12-6-4-11(5-7-12)14(15)13-8-9-17(2)16-13/h4-9,14H,3,10,15H2,1-2H3. The molecule has 0 saturated carbocycles. The van der Waals surface area contributed by atoms with E-state index < -0.39 is 0 Å². The minimum atomic E-state index is -0.188. The Kier molecular flexibility index (Phi) is 3.99. The van der Waals surface area contributed by atoms with Crippen molar-refractivity contribution in [2.45, 2.75) is 19.4 Å². The third kappa shape index (κ3) is 2.90. The second kappa shape index (κ2) is 5.69. The zero-order chi connectivity index (χ0) is 13.0. The van der Waals surface area contributed by atoms with Crippen molar-refractivity contribution in [2.24, 2.45) is 12.8 Å². The van der Waals surface area contributed by atoms with E-state index in [2.05, 4.69) is 12.0 Å². The number of nitrogens with zero attached hydrogens (tertiary/aromatic N) is 2. The van der Waals surface area contributed by atoms with E-state index in [4.69, 9.17) is 10.5 Å². The molecular formula is C14H19N3O. The fourth-order valence-electron chi connectivity index (χ4n) is 1.76. The summed E-state index contributed by atoms with van der Waals surface area (Å²) >= 11 is 0. The summed E-state index contributed by atoms with van der Waals surface area (Å²) < 4.78 is 7.30. The Morgan fingerprint density at radius 2 is 2.00 bits per heavy atom. The van der Waals surface area contributed by atoms with Crippen molar-refractivity contribution >= 4 is 0 Å². The third-order valence-electron chi connectivity index (χ3n) is 2.76. The van der Waals surface area contributed by atoms with Crippen molar-refractivity contribution in [3.05, 3.63) is 47.8 Å². The highest BCUT2D eigenvalue weighted by atomic mass is 16.5. The van der Waals surface area contributed by atoms with Gasteiger partial charge in [-0.25, -0.2) is 0 Å². The first-order chi connectivity index (χ1) is 8.70. The fourth-order valence-corrected chi connectivity index (χ4v) is 1.76. The average Bonchev–Trinajstić information content (AvgIpc) is 2.83. The first-order valence-electron chi connectivity index (χ1n) is 6.18. The van der Waals surface area contributed by atoms with Crippen LogP contribution in [-0.2, 0) is 7.05 Å². The lowest BCUT2D eigenvalue weighted by Crippen LogP contribution is -2.12. The topological polar surface area (TPSA) is 53.1 Å². The highest BCUT2D eigenvalue weighted by Crippen LogP contribution is 2.20. The quantitative estimate of drug-likeness (QED) is 0.879. The molecule has 2 N–H and O–H groups in total. The number of aromatic nitrogens is 2. The number of rotatable bonds is 5. The van der Waals surface area contributed by atoms with Crippen LogP contribution < -0.4 is 10.5 Å². The predicted octanol–water partition coefficient (Wildman–Crippen LogP) is 2.26. The molecular weight excluding hydrogens is 226 g/mol. The molecule has 0 saturated heterocycles. The molecule has 1 heterocycles. The largest absolute Gasteiger partial charge is 0.494 e. The zero-order valence-corrected chi connectivity index (χ0v) is 10.8. The maximum absolute atomic E-state index is 6.16. The third-order valence-corrected chi connectivity index (χ3v) is 2.76. The smallest absolute Gasteiger partial charge is 0.119 e. The summed E-state index contributed by atoms with van der Waals surface area (Å²) in [4.78, 5) is 0. The zero-order valence-electron chi connectivity index (χ0n) is 10.8. The molecule has 0 bridgehead atoms. The van der Waals surface area contributed by atoms with Gasteiger partial charge in [0.15, 0.2) is 0 Å². The molecule has 2 aromatic rings. The lowest BCUT2D eigenvalue weighted by atomic mass is 10.1. The van der Waals surface area contributed by atoms with Gasteiger partial charge in [-0.15, -0.1) is 0 Å². The van der Waals surface area contributed by atoms with Gasteiger partial charge in [0.05, 0.1) is 18.3 Å². The van der Waals surface area contributed by atoms with Gasteiger partial charge in [-0.05, 0) is 30.2 Å². The summed E-state index contributed by atoms with van der Waals surface area (Å²) in [6, 6.07) is 9.63. The maximum Gasteiger partial charge on any atom is 0.119 e. The van der Waals surface area contributed by atoms with E-state index in [9.17, 15) is 0 Å². The number of ether oxygens (including phenoxy) is 1. The predicted molar refractivity (Wildman–Crippen MR) is 71.5 cm³/mol. The molecule has 4 heteroatoms. The highest BCUT2D eigenvalue weighted by molar-refractivity contribution is 5.32. The van der Waals surface area contributed by atoms with E-state index in [1.165, 1.54) is 0 Å². The molecule has 0 amide bonds. The average molecular weight is 245 g/mol. The molecule has 1 atom stereocenters. The van der Waals surface area contributed by atoms with Crippen LogP contribution in [-0.4, -0.2) is 16.4 Å². The van der Waals surface area contributed by atoms with Crippen molar-refractivity contribution < 1.29 is 4.74 Å². The molecule has 0 aliphatic carbocycles. The molecule has 0 aliphatic rings. The molecule has 1 unspecified atom stereocenters. The minimum absolute atomic E-state index is 0.188. The monoisotopic (exact) mass is 245 g/mol. The van der Waals surface area contributed by atoms with Crippen LogP contribution in [0.5, 0.6) is 5.75 Å². The minimum Gasteiger partial charge on any atom is -0.494 e. The van der Waals surface area contributed by atoms with Crippen molar-refractivity contribution in [3.63, 3.8) is 0 Å². The molecule has 1 aromatic heterocycles. The van der Waals surface area contributed by atoms with Crippen LogP contribution in [0, 0.1) is 0 Å². The van der Waals surface area contributed by atoms with Gasteiger partial charge in [-0.3, -0.25) is 4.68 Å². The summed E-state index contributed by atoms with van der Waals surface area (Å²) in [6.45, 7) is 2.83. The van der Waals surface area contributed by atoms with Crippen LogP contribution in [0.3, 0.4) is 0 Å². The van der Waals surface area contributed by atoms with Gasteiger partial charge in [0, 0.05) is 13.2 Å². The van der Waals surface area contributed by atoms with E-state index in [1.54, 1.807) is 4.68 Å². The van der Waals surface area contributed by atoms with Crippen molar-refractivity contribution in [1.29, 1.82) is 0 Å². The first-order valence-corrected chi connectivity index (χ1v) is 6.18. The molecule has 96 valence electrons. The van der Waals surface area contributed by atoms with Crippen LogP contribution in [0.2, 0.25) is 0 Å². The van der Waals surface area contributed by atoms with Gasteiger partial charge >= 0.3 is 0 Å². The highest BCUT2D eigenvalue weighted by Gasteiger charge is 2.11. The normalized spacial score (nSPS) is 12.4. The number of hydrogen-bond acceptors (Lipinski definition) is 3. The summed E-state index contributed by atoms with van der Waals surface area (Å²) in [5.74, 6) is 0.883. The van der Waals surface area contributed by atoms with Crippen LogP contribution in [0.4, 0.5) is 0 Å². The molecule has 1 aromatic carbocycles. The second-order valence-electron chi connectivity index (χ2n) is 4.31. The van der Waals surface area contributed by atoms with Gasteiger partial charge in [0.1, 0.15) is 5.75 Å². The van der Waals surface area contributed by atoms with E-state index in [-0.39, 0.29) is 6.04 Å². The molecule has 0 spiro atoms. The lowest BCUT2D eigenvalue weighted by Gasteiger charge is -2.10. The van der Waals surface area contributed by atoms with Crippen LogP contribution in [0.1, 0.15) is 30.6 Å². The van der Waals surface area contributed by atoms with Gasteiger partial charge < -0.3 is 10.5 Å². The van der Waals surface area contributed by atoms with E-state index >= 15 is 0 Å². The second-order valence-corrected chi connectivity index (χ2v) is 4.31. The number of nitrogens with two attached hydrogens (primary N) is 1. The summed E-state index contributed by atoms with van der Waals surface area (Å²) in [6.07, 6.45) is 2.91. The summed E-state index contributed by atoms with van der Waals surface area (Å²) in [7, 11) is 1.89. The van der Waals surface area contributed by atoms with Crippen molar-refractivity contribution in [3.8, 4) is 5.75 Å². The first kappa shape index (κ1) is 12.6. The number of aryl methyl sites for hydroxylation is 1. The van der Waals surface area contributed by atoms with Crippen LogP contribution in [0.15, 0.2) is 36.5 Å². The Morgan fingerprint density at radius 3 is 2.56 bits per heavy atom. The molecule has 2 rings (SSSR count). The molecule has 0 aliphatic heterocycles. The van der Waals surface area contributed by atoms with E-state index in [0.29, 0.717) is 0 Å². The van der Waals surface area contributed by atoms with Gasteiger partial charge in [-0.1, -0.05) is 19.1 Å². The van der Waals surface area contributed by atoms with E-state index in [1.807, 2.05) is 43.6 Å². The fraction of sp³-hybridized carbons (Fsp3) is 0.357. The lowest BCUT2D eigenvalue weighted by molar-refractivity contribution is 0.317. The molecule has 18 heavy (non-hydrogen) atoms. The Morgan fingerprint density at radius 1 is 1.28 bits per heavy atom. The summed E-state index contributed by atoms with van der Waals surface area (Å²) in [5.41, 5.74) is 8.08. The van der Waals surface area contributed by atoms with E-state index in [0.717, 1.165) is 30.0 Å². The molecule has 4 nitrogen and oxygen atoms in total. The van der Waals surface area contributed by atoms with Crippen LogP contribution >= 0.6 is 0 Å². The van der Waals surface area contributed by atoms with Gasteiger partial charge in [-0.2, -0.15) is 5.10 Å². The maximum atomic E-state index is 6.16. The Hall–Kier alpha value is -1.81.